The van der Waals surface area contributed by atoms with Crippen LogP contribution < -0.4 is 10.5 Å². The predicted molar refractivity (Wildman–Crippen MR) is 87.3 cm³/mol. The lowest BCUT2D eigenvalue weighted by Crippen LogP contribution is -2.26. The van der Waals surface area contributed by atoms with Crippen molar-refractivity contribution in [3.8, 4) is 5.75 Å². The maximum absolute atomic E-state index is 11.4. The van der Waals surface area contributed by atoms with Gasteiger partial charge >= 0.3 is 5.97 Å². The van der Waals surface area contributed by atoms with Crippen molar-refractivity contribution in [2.24, 2.45) is 5.73 Å². The highest BCUT2D eigenvalue weighted by atomic mass is 16.5. The van der Waals surface area contributed by atoms with Crippen molar-refractivity contribution in [2.75, 3.05) is 13.7 Å². The molecule has 0 saturated carbocycles. The van der Waals surface area contributed by atoms with Crippen molar-refractivity contribution >= 4 is 5.97 Å². The van der Waals surface area contributed by atoms with E-state index in [4.69, 9.17) is 15.6 Å². The van der Waals surface area contributed by atoms with Gasteiger partial charge in [-0.05, 0) is 41.8 Å². The molecule has 3 N–H and O–H groups in total. The third-order valence-electron chi connectivity index (χ3n) is 3.44. The van der Waals surface area contributed by atoms with E-state index in [0.717, 1.165) is 16.9 Å². The molecule has 2 aromatic rings. The minimum atomic E-state index is -0.353. The molecule has 0 bridgehead atoms. The summed E-state index contributed by atoms with van der Waals surface area (Å²) in [5, 5.41) is 8.95. The molecule has 2 aromatic carbocycles. The molecule has 0 heterocycles. The van der Waals surface area contributed by atoms with E-state index in [1.807, 2.05) is 36.4 Å². The van der Waals surface area contributed by atoms with Crippen LogP contribution in [0.4, 0.5) is 0 Å². The Morgan fingerprint density at radius 3 is 2.26 bits per heavy atom. The lowest BCUT2D eigenvalue weighted by Gasteiger charge is -2.10. The second-order valence-electron chi connectivity index (χ2n) is 5.27. The molecular formula is C18H21NO4. The van der Waals surface area contributed by atoms with E-state index < -0.39 is 0 Å². The molecule has 0 fully saturated rings. The quantitative estimate of drug-likeness (QED) is 0.763. The number of aliphatic hydroxyl groups is 1. The summed E-state index contributed by atoms with van der Waals surface area (Å²) in [6, 6.07) is 14.5. The molecule has 1 atom stereocenters. The molecule has 0 saturated heterocycles. The first-order valence-electron chi connectivity index (χ1n) is 7.38. The van der Waals surface area contributed by atoms with Gasteiger partial charge in [0.1, 0.15) is 12.4 Å². The summed E-state index contributed by atoms with van der Waals surface area (Å²) in [6.07, 6.45) is 0.631. The molecule has 2 rings (SSSR count). The summed E-state index contributed by atoms with van der Waals surface area (Å²) in [5.41, 5.74) is 8.24. The molecular weight excluding hydrogens is 294 g/mol. The summed E-state index contributed by atoms with van der Waals surface area (Å²) in [6.45, 7) is 0.386. The molecule has 0 aliphatic rings. The van der Waals surface area contributed by atoms with Crippen LogP contribution in [-0.2, 0) is 17.8 Å². The van der Waals surface area contributed by atoms with E-state index in [1.54, 1.807) is 12.1 Å². The number of benzene rings is 2. The van der Waals surface area contributed by atoms with Gasteiger partial charge in [-0.3, -0.25) is 0 Å². The molecule has 0 aliphatic heterocycles. The molecule has 5 heteroatoms. The van der Waals surface area contributed by atoms with Gasteiger partial charge in [0.25, 0.3) is 0 Å². The Hall–Kier alpha value is -2.37. The van der Waals surface area contributed by atoms with Crippen molar-refractivity contribution in [3.63, 3.8) is 0 Å². The summed E-state index contributed by atoms with van der Waals surface area (Å²) in [5.74, 6) is 0.400. The highest BCUT2D eigenvalue weighted by molar-refractivity contribution is 5.89. The number of esters is 1. The molecule has 0 radical (unpaired) electrons. The lowest BCUT2D eigenvalue weighted by molar-refractivity contribution is 0.0600. The van der Waals surface area contributed by atoms with Gasteiger partial charge in [-0.2, -0.15) is 0 Å². The zero-order chi connectivity index (χ0) is 16.7. The largest absolute Gasteiger partial charge is 0.489 e. The predicted octanol–water partition coefficient (Wildman–Crippen LogP) is 1.91. The fourth-order valence-corrected chi connectivity index (χ4v) is 2.11. The third-order valence-corrected chi connectivity index (χ3v) is 3.44. The van der Waals surface area contributed by atoms with Crippen molar-refractivity contribution in [1.29, 1.82) is 0 Å². The summed E-state index contributed by atoms with van der Waals surface area (Å²) >= 11 is 0. The number of ether oxygens (including phenoxy) is 2. The molecule has 0 aliphatic carbocycles. The molecule has 23 heavy (non-hydrogen) atoms. The van der Waals surface area contributed by atoms with E-state index in [2.05, 4.69) is 4.74 Å². The van der Waals surface area contributed by atoms with Crippen molar-refractivity contribution in [1.82, 2.24) is 0 Å². The second kappa shape index (κ2) is 8.31. The molecule has 0 amide bonds. The minimum absolute atomic E-state index is 0.0280. The molecule has 122 valence electrons. The fraction of sp³-hybridized carbons (Fsp3) is 0.278. The highest BCUT2D eigenvalue weighted by Gasteiger charge is 2.05. The van der Waals surface area contributed by atoms with Crippen molar-refractivity contribution < 1.29 is 19.4 Å². The molecule has 0 aromatic heterocycles. The van der Waals surface area contributed by atoms with E-state index in [0.29, 0.717) is 18.6 Å². The fourth-order valence-electron chi connectivity index (χ4n) is 2.11. The maximum atomic E-state index is 11.4. The number of hydrogen-bond acceptors (Lipinski definition) is 5. The Kier molecular flexibility index (Phi) is 6.14. The average molecular weight is 315 g/mol. The Bertz CT molecular complexity index is 622. The first kappa shape index (κ1) is 17.0. The van der Waals surface area contributed by atoms with Crippen LogP contribution in [0.2, 0.25) is 0 Å². The van der Waals surface area contributed by atoms with Crippen LogP contribution in [0.1, 0.15) is 21.5 Å². The topological polar surface area (TPSA) is 81.8 Å². The monoisotopic (exact) mass is 315 g/mol. The van der Waals surface area contributed by atoms with Gasteiger partial charge in [-0.1, -0.05) is 24.3 Å². The number of aliphatic hydroxyl groups excluding tert-OH is 1. The van der Waals surface area contributed by atoms with Gasteiger partial charge in [0.2, 0.25) is 0 Å². The summed E-state index contributed by atoms with van der Waals surface area (Å²) in [7, 11) is 1.36. The van der Waals surface area contributed by atoms with Crippen LogP contribution in [0.5, 0.6) is 5.75 Å². The van der Waals surface area contributed by atoms with Crippen LogP contribution in [0, 0.1) is 0 Å². The highest BCUT2D eigenvalue weighted by Crippen LogP contribution is 2.15. The van der Waals surface area contributed by atoms with E-state index in [1.165, 1.54) is 7.11 Å². The summed E-state index contributed by atoms with van der Waals surface area (Å²) in [4.78, 5) is 11.4. The van der Waals surface area contributed by atoms with Crippen LogP contribution >= 0.6 is 0 Å². The van der Waals surface area contributed by atoms with Crippen LogP contribution in [-0.4, -0.2) is 30.8 Å². The first-order chi connectivity index (χ1) is 11.1. The zero-order valence-electron chi connectivity index (χ0n) is 13.1. The Labute approximate surface area is 135 Å². The molecule has 0 spiro atoms. The number of carbonyl (C=O) groups excluding carboxylic acids is 1. The number of carbonyl (C=O) groups is 1. The normalized spacial score (nSPS) is 11.8. The van der Waals surface area contributed by atoms with Crippen LogP contribution in [0.25, 0.3) is 0 Å². The van der Waals surface area contributed by atoms with Gasteiger partial charge in [-0.15, -0.1) is 0 Å². The van der Waals surface area contributed by atoms with Gasteiger partial charge < -0.3 is 20.3 Å². The number of nitrogens with two attached hydrogens (primary N) is 1. The standard InChI is InChI=1S/C18H21NO4/c1-22-18(21)15-6-2-14(3-7-15)12-23-17-8-4-13(5-9-17)10-16(19)11-20/h2-9,16,20H,10-12,19H2,1H3. The Morgan fingerprint density at radius 1 is 1.09 bits per heavy atom. The number of methoxy groups -OCH3 is 1. The maximum Gasteiger partial charge on any atom is 0.337 e. The lowest BCUT2D eigenvalue weighted by atomic mass is 10.1. The van der Waals surface area contributed by atoms with E-state index in [9.17, 15) is 4.79 Å². The van der Waals surface area contributed by atoms with E-state index in [-0.39, 0.29) is 18.6 Å². The molecule has 5 nitrogen and oxygen atoms in total. The Morgan fingerprint density at radius 2 is 1.70 bits per heavy atom. The number of rotatable bonds is 7. The van der Waals surface area contributed by atoms with Gasteiger partial charge in [0.05, 0.1) is 19.3 Å². The minimum Gasteiger partial charge on any atom is -0.489 e. The van der Waals surface area contributed by atoms with Crippen LogP contribution in [0.3, 0.4) is 0 Å². The second-order valence-corrected chi connectivity index (χ2v) is 5.27. The summed E-state index contributed by atoms with van der Waals surface area (Å²) < 4.78 is 10.4. The number of hydrogen-bond donors (Lipinski definition) is 2. The third kappa shape index (κ3) is 5.09. The van der Waals surface area contributed by atoms with E-state index >= 15 is 0 Å². The first-order valence-corrected chi connectivity index (χ1v) is 7.38. The van der Waals surface area contributed by atoms with Crippen molar-refractivity contribution in [2.45, 2.75) is 19.1 Å². The average Bonchev–Trinajstić information content (AvgIpc) is 2.60. The zero-order valence-corrected chi connectivity index (χ0v) is 13.1. The van der Waals surface area contributed by atoms with Crippen LogP contribution in [0.15, 0.2) is 48.5 Å². The van der Waals surface area contributed by atoms with Gasteiger partial charge in [-0.25, -0.2) is 4.79 Å². The van der Waals surface area contributed by atoms with Crippen molar-refractivity contribution in [3.05, 3.63) is 65.2 Å². The van der Waals surface area contributed by atoms with Gasteiger partial charge in [0.15, 0.2) is 0 Å². The molecule has 1 unspecified atom stereocenters. The Balaban J connectivity index is 1.89. The SMILES string of the molecule is COC(=O)c1ccc(COc2ccc(CC(N)CO)cc2)cc1. The van der Waals surface area contributed by atoms with Gasteiger partial charge in [0, 0.05) is 6.04 Å². The smallest absolute Gasteiger partial charge is 0.337 e.